The molecular weight excluding hydrogens is 202 g/mol. The summed E-state index contributed by atoms with van der Waals surface area (Å²) in [6, 6.07) is 0. The first kappa shape index (κ1) is 11.9. The molecule has 1 aliphatic rings. The molecule has 5 heteroatoms. The van der Waals surface area contributed by atoms with Crippen LogP contribution in [0.4, 0.5) is 0 Å². The van der Waals surface area contributed by atoms with Gasteiger partial charge in [0.2, 0.25) is 0 Å². The molecule has 1 rings (SSSR count). The highest BCUT2D eigenvalue weighted by Gasteiger charge is 2.19. The summed E-state index contributed by atoms with van der Waals surface area (Å²) in [4.78, 5) is 1.93. The van der Waals surface area contributed by atoms with Crippen molar-refractivity contribution in [2.45, 2.75) is 32.6 Å². The average Bonchev–Trinajstić information content (AvgIpc) is 2.56. The van der Waals surface area contributed by atoms with Crippen molar-refractivity contribution in [1.29, 1.82) is 0 Å². The van der Waals surface area contributed by atoms with Crippen LogP contribution in [0.15, 0.2) is 0 Å². The van der Waals surface area contributed by atoms with Gasteiger partial charge in [-0.2, -0.15) is 8.42 Å². The molecule has 1 fully saturated rings. The van der Waals surface area contributed by atoms with E-state index in [-0.39, 0.29) is 5.88 Å². The molecule has 1 saturated heterocycles. The van der Waals surface area contributed by atoms with E-state index in [1.807, 2.05) is 11.8 Å². The van der Waals surface area contributed by atoms with Crippen molar-refractivity contribution in [3.05, 3.63) is 0 Å². The Morgan fingerprint density at radius 1 is 1.29 bits per heavy atom. The van der Waals surface area contributed by atoms with E-state index in [0.717, 1.165) is 38.8 Å². The van der Waals surface area contributed by atoms with Gasteiger partial charge in [-0.3, -0.25) is 9.08 Å². The smallest absolute Gasteiger partial charge is 0.280 e. The Balaban J connectivity index is 2.26. The van der Waals surface area contributed by atoms with Gasteiger partial charge in [0.15, 0.2) is 0 Å². The summed E-state index contributed by atoms with van der Waals surface area (Å²) in [7, 11) is -3.31. The number of nitrogens with zero attached hydrogens (tertiary/aromatic N) is 1. The average molecular weight is 221 g/mol. The SMILES string of the molecule is CCCCOS(=O)(=O)CN1CCCC1. The summed E-state index contributed by atoms with van der Waals surface area (Å²) in [5.41, 5.74) is 0. The minimum absolute atomic E-state index is 0.0662. The number of unbranched alkanes of at least 4 members (excludes halogenated alkanes) is 1. The molecule has 14 heavy (non-hydrogen) atoms. The van der Waals surface area contributed by atoms with Crippen molar-refractivity contribution in [3.63, 3.8) is 0 Å². The molecule has 0 aromatic carbocycles. The lowest BCUT2D eigenvalue weighted by atomic mass is 10.4. The lowest BCUT2D eigenvalue weighted by Gasteiger charge is -2.14. The molecule has 0 radical (unpaired) electrons. The van der Waals surface area contributed by atoms with Crippen LogP contribution in [0, 0.1) is 0 Å². The van der Waals surface area contributed by atoms with Gasteiger partial charge in [0.1, 0.15) is 5.88 Å². The van der Waals surface area contributed by atoms with Gasteiger partial charge in [0.05, 0.1) is 6.61 Å². The lowest BCUT2D eigenvalue weighted by molar-refractivity contribution is 0.289. The number of hydrogen-bond donors (Lipinski definition) is 0. The Morgan fingerprint density at radius 2 is 1.93 bits per heavy atom. The third kappa shape index (κ3) is 4.39. The fourth-order valence-corrected chi connectivity index (χ4v) is 2.65. The van der Waals surface area contributed by atoms with E-state index in [4.69, 9.17) is 4.18 Å². The predicted molar refractivity (Wildman–Crippen MR) is 55.5 cm³/mol. The van der Waals surface area contributed by atoms with Crippen LogP contribution in [0.1, 0.15) is 32.6 Å². The number of likely N-dealkylation sites (tertiary alicyclic amines) is 1. The molecule has 84 valence electrons. The van der Waals surface area contributed by atoms with Crippen molar-refractivity contribution < 1.29 is 12.6 Å². The molecule has 0 aromatic heterocycles. The first-order chi connectivity index (χ1) is 6.64. The van der Waals surface area contributed by atoms with Crippen molar-refractivity contribution in [2.75, 3.05) is 25.6 Å². The Labute approximate surface area is 86.4 Å². The second-order valence-corrected chi connectivity index (χ2v) is 5.30. The number of hydrogen-bond acceptors (Lipinski definition) is 4. The third-order valence-electron chi connectivity index (χ3n) is 2.30. The van der Waals surface area contributed by atoms with E-state index in [0.29, 0.717) is 6.61 Å². The Morgan fingerprint density at radius 3 is 2.50 bits per heavy atom. The maximum absolute atomic E-state index is 11.4. The standard InChI is InChI=1S/C9H19NO3S/c1-2-3-8-13-14(11,12)9-10-6-4-5-7-10/h2-9H2,1H3. The minimum atomic E-state index is -3.31. The molecule has 1 aliphatic heterocycles. The lowest BCUT2D eigenvalue weighted by Crippen LogP contribution is -2.28. The van der Waals surface area contributed by atoms with Crippen LogP contribution in [0.5, 0.6) is 0 Å². The fourth-order valence-electron chi connectivity index (χ4n) is 1.50. The van der Waals surface area contributed by atoms with Crippen molar-refractivity contribution in [3.8, 4) is 0 Å². The van der Waals surface area contributed by atoms with Crippen LogP contribution in [0.3, 0.4) is 0 Å². The van der Waals surface area contributed by atoms with Gasteiger partial charge in [-0.1, -0.05) is 13.3 Å². The summed E-state index contributed by atoms with van der Waals surface area (Å²) in [6.45, 7) is 4.11. The monoisotopic (exact) mass is 221 g/mol. The molecule has 0 saturated carbocycles. The van der Waals surface area contributed by atoms with E-state index in [1.54, 1.807) is 0 Å². The van der Waals surface area contributed by atoms with Gasteiger partial charge in [-0.05, 0) is 32.4 Å². The van der Waals surface area contributed by atoms with Gasteiger partial charge in [-0.25, -0.2) is 0 Å². The zero-order valence-corrected chi connectivity index (χ0v) is 9.55. The minimum Gasteiger partial charge on any atom is -0.288 e. The Bertz CT molecular complexity index is 245. The van der Waals surface area contributed by atoms with Crippen molar-refractivity contribution >= 4 is 10.1 Å². The molecule has 0 aromatic rings. The first-order valence-electron chi connectivity index (χ1n) is 5.23. The van der Waals surface area contributed by atoms with Crippen LogP contribution in [-0.2, 0) is 14.3 Å². The zero-order chi connectivity index (χ0) is 10.4. The molecule has 4 nitrogen and oxygen atoms in total. The Hall–Kier alpha value is -0.130. The van der Waals surface area contributed by atoms with E-state index in [9.17, 15) is 8.42 Å². The van der Waals surface area contributed by atoms with Crippen molar-refractivity contribution in [1.82, 2.24) is 4.90 Å². The van der Waals surface area contributed by atoms with E-state index in [1.165, 1.54) is 0 Å². The van der Waals surface area contributed by atoms with E-state index >= 15 is 0 Å². The highest BCUT2D eigenvalue weighted by atomic mass is 32.2. The highest BCUT2D eigenvalue weighted by Crippen LogP contribution is 2.09. The molecule has 0 unspecified atom stereocenters. The van der Waals surface area contributed by atoms with Crippen LogP contribution in [-0.4, -0.2) is 38.9 Å². The fraction of sp³-hybridized carbons (Fsp3) is 1.00. The normalized spacial score (nSPS) is 18.9. The second-order valence-electron chi connectivity index (χ2n) is 3.69. The van der Waals surface area contributed by atoms with Crippen LogP contribution < -0.4 is 0 Å². The molecule has 0 bridgehead atoms. The summed E-state index contributed by atoms with van der Waals surface area (Å²) in [6.07, 6.45) is 3.97. The highest BCUT2D eigenvalue weighted by molar-refractivity contribution is 7.86. The van der Waals surface area contributed by atoms with Gasteiger partial charge in [-0.15, -0.1) is 0 Å². The summed E-state index contributed by atoms with van der Waals surface area (Å²) in [5.74, 6) is 0.0662. The largest absolute Gasteiger partial charge is 0.288 e. The zero-order valence-electron chi connectivity index (χ0n) is 8.74. The van der Waals surface area contributed by atoms with Gasteiger partial charge >= 0.3 is 0 Å². The maximum atomic E-state index is 11.4. The summed E-state index contributed by atoms with van der Waals surface area (Å²) < 4.78 is 27.7. The second kappa shape index (κ2) is 5.68. The van der Waals surface area contributed by atoms with Gasteiger partial charge in [0.25, 0.3) is 10.1 Å². The summed E-state index contributed by atoms with van der Waals surface area (Å²) >= 11 is 0. The molecule has 0 N–H and O–H groups in total. The van der Waals surface area contributed by atoms with Crippen molar-refractivity contribution in [2.24, 2.45) is 0 Å². The topological polar surface area (TPSA) is 46.6 Å². The molecule has 0 amide bonds. The molecule has 0 atom stereocenters. The molecule has 0 aliphatic carbocycles. The number of rotatable bonds is 6. The van der Waals surface area contributed by atoms with Gasteiger partial charge < -0.3 is 0 Å². The van der Waals surface area contributed by atoms with Crippen LogP contribution >= 0.6 is 0 Å². The maximum Gasteiger partial charge on any atom is 0.280 e. The van der Waals surface area contributed by atoms with Gasteiger partial charge in [0, 0.05) is 0 Å². The third-order valence-corrected chi connectivity index (χ3v) is 3.51. The quantitative estimate of drug-likeness (QED) is 0.499. The van der Waals surface area contributed by atoms with Crippen LogP contribution in [0.2, 0.25) is 0 Å². The molecule has 1 heterocycles. The molecular formula is C9H19NO3S. The summed E-state index contributed by atoms with van der Waals surface area (Å²) in [5, 5.41) is 0. The van der Waals surface area contributed by atoms with Crippen LogP contribution in [0.25, 0.3) is 0 Å². The first-order valence-corrected chi connectivity index (χ1v) is 6.81. The predicted octanol–water partition coefficient (Wildman–Crippen LogP) is 1.19. The van der Waals surface area contributed by atoms with E-state index < -0.39 is 10.1 Å². The Kier molecular flexibility index (Phi) is 4.84. The van der Waals surface area contributed by atoms with E-state index in [2.05, 4.69) is 0 Å². The molecule has 0 spiro atoms.